The number of benzene rings is 1. The standard InChI is InChI=1S/C17H25FN4O2/c1-11(2)9-17(3,10-19)21-15(23)13-8-12(4-5-14(13)18)22-7-6-20-16(22)24/h4-5,8,11H,6-7,9-10,19H2,1-3H3,(H,20,24)(H,21,23). The van der Waals surface area contributed by atoms with E-state index in [1.165, 1.54) is 23.1 Å². The zero-order valence-corrected chi connectivity index (χ0v) is 14.4. The van der Waals surface area contributed by atoms with Crippen molar-refractivity contribution in [3.63, 3.8) is 0 Å². The van der Waals surface area contributed by atoms with Crippen molar-refractivity contribution < 1.29 is 14.0 Å². The number of halogens is 1. The van der Waals surface area contributed by atoms with Crippen LogP contribution >= 0.6 is 0 Å². The molecule has 0 spiro atoms. The number of nitrogens with one attached hydrogen (secondary N) is 2. The minimum absolute atomic E-state index is 0.0874. The van der Waals surface area contributed by atoms with Crippen molar-refractivity contribution in [1.82, 2.24) is 10.6 Å². The van der Waals surface area contributed by atoms with Gasteiger partial charge in [-0.15, -0.1) is 0 Å². The molecule has 3 amide bonds. The minimum Gasteiger partial charge on any atom is -0.346 e. The average Bonchev–Trinajstić information content (AvgIpc) is 2.93. The van der Waals surface area contributed by atoms with Crippen LogP contribution < -0.4 is 21.3 Å². The molecule has 0 saturated carbocycles. The molecule has 7 heteroatoms. The molecule has 1 saturated heterocycles. The largest absolute Gasteiger partial charge is 0.346 e. The monoisotopic (exact) mass is 336 g/mol. The zero-order chi connectivity index (χ0) is 17.9. The maximum Gasteiger partial charge on any atom is 0.321 e. The zero-order valence-electron chi connectivity index (χ0n) is 14.4. The molecule has 1 aliphatic heterocycles. The molecule has 2 rings (SSSR count). The molecule has 0 bridgehead atoms. The van der Waals surface area contributed by atoms with Gasteiger partial charge in [0.2, 0.25) is 0 Å². The van der Waals surface area contributed by atoms with Crippen LogP contribution in [0.2, 0.25) is 0 Å². The van der Waals surface area contributed by atoms with Crippen LogP contribution in [0.5, 0.6) is 0 Å². The van der Waals surface area contributed by atoms with Gasteiger partial charge >= 0.3 is 6.03 Å². The molecule has 1 aromatic carbocycles. The van der Waals surface area contributed by atoms with Gasteiger partial charge in [0, 0.05) is 30.9 Å². The number of amides is 3. The van der Waals surface area contributed by atoms with Gasteiger partial charge < -0.3 is 16.4 Å². The summed E-state index contributed by atoms with van der Waals surface area (Å²) in [5.41, 5.74) is 5.59. The predicted octanol–water partition coefficient (Wildman–Crippen LogP) is 1.85. The Balaban J connectivity index is 2.24. The lowest BCUT2D eigenvalue weighted by Crippen LogP contribution is -2.52. The summed E-state index contributed by atoms with van der Waals surface area (Å²) in [5.74, 6) is -0.814. The van der Waals surface area contributed by atoms with E-state index in [4.69, 9.17) is 5.73 Å². The number of nitrogens with two attached hydrogens (primary N) is 1. The molecular formula is C17H25FN4O2. The second kappa shape index (κ2) is 7.17. The number of nitrogens with zero attached hydrogens (tertiary/aromatic N) is 1. The number of anilines is 1. The first kappa shape index (κ1) is 18.2. The summed E-state index contributed by atoms with van der Waals surface area (Å²) in [6.07, 6.45) is 0.686. The van der Waals surface area contributed by atoms with Crippen LogP contribution in [0.1, 0.15) is 37.6 Å². The highest BCUT2D eigenvalue weighted by Crippen LogP contribution is 2.22. The van der Waals surface area contributed by atoms with E-state index in [-0.39, 0.29) is 18.1 Å². The minimum atomic E-state index is -0.625. The molecule has 1 fully saturated rings. The van der Waals surface area contributed by atoms with Crippen molar-refractivity contribution in [1.29, 1.82) is 0 Å². The number of rotatable bonds is 6. The Morgan fingerprint density at radius 2 is 2.21 bits per heavy atom. The van der Waals surface area contributed by atoms with Gasteiger partial charge in [0.25, 0.3) is 5.91 Å². The molecule has 1 unspecified atom stereocenters. The highest BCUT2D eigenvalue weighted by molar-refractivity contribution is 5.99. The normalized spacial score (nSPS) is 16.9. The highest BCUT2D eigenvalue weighted by atomic mass is 19.1. The highest BCUT2D eigenvalue weighted by Gasteiger charge is 2.28. The van der Waals surface area contributed by atoms with Gasteiger partial charge in [0.15, 0.2) is 0 Å². The lowest BCUT2D eigenvalue weighted by Gasteiger charge is -2.31. The summed E-state index contributed by atoms with van der Waals surface area (Å²) in [4.78, 5) is 25.8. The molecule has 1 aliphatic rings. The van der Waals surface area contributed by atoms with E-state index in [0.29, 0.717) is 31.1 Å². The van der Waals surface area contributed by atoms with Gasteiger partial charge in [-0.05, 0) is 37.5 Å². The Labute approximate surface area is 141 Å². The van der Waals surface area contributed by atoms with Gasteiger partial charge in [-0.25, -0.2) is 9.18 Å². The first-order chi connectivity index (χ1) is 11.3. The lowest BCUT2D eigenvalue weighted by molar-refractivity contribution is 0.0894. The smallest absolute Gasteiger partial charge is 0.321 e. The summed E-state index contributed by atoms with van der Waals surface area (Å²) < 4.78 is 14.1. The van der Waals surface area contributed by atoms with Crippen LogP contribution in [0, 0.1) is 11.7 Å². The average molecular weight is 336 g/mol. The van der Waals surface area contributed by atoms with Gasteiger partial charge in [-0.2, -0.15) is 0 Å². The van der Waals surface area contributed by atoms with Crippen LogP contribution in [0.4, 0.5) is 14.9 Å². The summed E-state index contributed by atoms with van der Waals surface area (Å²) in [5, 5.41) is 5.51. The molecule has 0 aliphatic carbocycles. The molecule has 24 heavy (non-hydrogen) atoms. The molecule has 132 valence electrons. The summed E-state index contributed by atoms with van der Waals surface area (Å²) in [6, 6.07) is 3.85. The third-order valence-corrected chi connectivity index (χ3v) is 4.09. The summed E-state index contributed by atoms with van der Waals surface area (Å²) >= 11 is 0. The molecular weight excluding hydrogens is 311 g/mol. The molecule has 6 nitrogen and oxygen atoms in total. The van der Waals surface area contributed by atoms with E-state index in [1.807, 2.05) is 20.8 Å². The van der Waals surface area contributed by atoms with Crippen LogP contribution in [-0.4, -0.2) is 37.1 Å². The molecule has 1 atom stereocenters. The van der Waals surface area contributed by atoms with Crippen LogP contribution in [0.15, 0.2) is 18.2 Å². The van der Waals surface area contributed by atoms with Crippen LogP contribution in [-0.2, 0) is 0 Å². The van der Waals surface area contributed by atoms with Crippen molar-refractivity contribution in [2.75, 3.05) is 24.5 Å². The molecule has 1 aromatic rings. The van der Waals surface area contributed by atoms with E-state index in [1.54, 1.807) is 0 Å². The molecule has 1 heterocycles. The number of hydrogen-bond acceptors (Lipinski definition) is 3. The number of urea groups is 1. The van der Waals surface area contributed by atoms with Crippen molar-refractivity contribution in [3.8, 4) is 0 Å². The topological polar surface area (TPSA) is 87.5 Å². The molecule has 0 radical (unpaired) electrons. The second-order valence-corrected chi connectivity index (χ2v) is 6.86. The Hall–Kier alpha value is -2.15. The van der Waals surface area contributed by atoms with Gasteiger partial charge in [-0.1, -0.05) is 13.8 Å². The van der Waals surface area contributed by atoms with E-state index in [9.17, 15) is 14.0 Å². The fourth-order valence-electron chi connectivity index (χ4n) is 3.00. The lowest BCUT2D eigenvalue weighted by atomic mass is 9.90. The Bertz CT molecular complexity index is 635. The van der Waals surface area contributed by atoms with E-state index < -0.39 is 17.3 Å². The fraction of sp³-hybridized carbons (Fsp3) is 0.529. The summed E-state index contributed by atoms with van der Waals surface area (Å²) in [7, 11) is 0. The van der Waals surface area contributed by atoms with Crippen molar-refractivity contribution in [3.05, 3.63) is 29.6 Å². The number of carbonyl (C=O) groups is 2. The van der Waals surface area contributed by atoms with Crippen LogP contribution in [0.25, 0.3) is 0 Å². The number of hydrogen-bond donors (Lipinski definition) is 3. The first-order valence-corrected chi connectivity index (χ1v) is 8.13. The predicted molar refractivity (Wildman–Crippen MR) is 91.5 cm³/mol. The maximum atomic E-state index is 14.1. The van der Waals surface area contributed by atoms with Gasteiger partial charge in [-0.3, -0.25) is 9.69 Å². The van der Waals surface area contributed by atoms with Crippen molar-refractivity contribution in [2.45, 2.75) is 32.7 Å². The summed E-state index contributed by atoms with van der Waals surface area (Å²) in [6.45, 7) is 7.19. The second-order valence-electron chi connectivity index (χ2n) is 6.86. The molecule has 4 N–H and O–H groups in total. The quantitative estimate of drug-likeness (QED) is 0.741. The van der Waals surface area contributed by atoms with E-state index >= 15 is 0 Å². The van der Waals surface area contributed by atoms with E-state index in [2.05, 4.69) is 10.6 Å². The van der Waals surface area contributed by atoms with Gasteiger partial charge in [0.05, 0.1) is 5.56 Å². The third-order valence-electron chi connectivity index (χ3n) is 4.09. The van der Waals surface area contributed by atoms with Crippen LogP contribution in [0.3, 0.4) is 0 Å². The van der Waals surface area contributed by atoms with Gasteiger partial charge in [0.1, 0.15) is 5.82 Å². The maximum absolute atomic E-state index is 14.1. The Kier molecular flexibility index (Phi) is 5.43. The first-order valence-electron chi connectivity index (χ1n) is 8.13. The Morgan fingerprint density at radius 1 is 1.50 bits per heavy atom. The Morgan fingerprint density at radius 3 is 2.75 bits per heavy atom. The van der Waals surface area contributed by atoms with Crippen molar-refractivity contribution >= 4 is 17.6 Å². The fourth-order valence-corrected chi connectivity index (χ4v) is 3.00. The van der Waals surface area contributed by atoms with E-state index in [0.717, 1.165) is 0 Å². The van der Waals surface area contributed by atoms with Crippen molar-refractivity contribution in [2.24, 2.45) is 11.7 Å². The number of carbonyl (C=O) groups excluding carboxylic acids is 2. The third kappa shape index (κ3) is 4.03. The molecule has 0 aromatic heterocycles. The SMILES string of the molecule is CC(C)CC(C)(CN)NC(=O)c1cc(N2CCNC2=O)ccc1F.